The number of aliphatic carboxylic acids is 1. The molecule has 0 aromatic carbocycles. The lowest BCUT2D eigenvalue weighted by molar-refractivity contribution is -0.133. The highest BCUT2D eigenvalue weighted by Crippen LogP contribution is 2.71. The third-order valence-corrected chi connectivity index (χ3v) is 5.92. The Bertz CT molecular complexity index is 429. The molecule has 0 bridgehead atoms. The first kappa shape index (κ1) is 12.2. The smallest absolute Gasteiger partial charge is 0.331 e. The van der Waals surface area contributed by atoms with E-state index in [1.54, 1.807) is 0 Å². The summed E-state index contributed by atoms with van der Waals surface area (Å²) in [5.74, 6) is -0.756. The average Bonchev–Trinajstić information content (AvgIpc) is 2.91. The molecule has 1 saturated heterocycles. The lowest BCUT2D eigenvalue weighted by Gasteiger charge is -2.47. The molecule has 1 heterocycles. The van der Waals surface area contributed by atoms with Crippen LogP contribution in [0.25, 0.3) is 0 Å². The number of carboxylic acids is 1. The highest BCUT2D eigenvalue weighted by Gasteiger charge is 2.76. The molecule has 2 aliphatic carbocycles. The average molecular weight is 250 g/mol. The van der Waals surface area contributed by atoms with Crippen LogP contribution in [-0.4, -0.2) is 22.3 Å². The number of ether oxygens (including phenoxy) is 1. The van der Waals surface area contributed by atoms with Crippen LogP contribution in [0.5, 0.6) is 0 Å². The molecule has 1 aliphatic heterocycles. The largest absolute Gasteiger partial charge is 0.478 e. The van der Waals surface area contributed by atoms with E-state index in [0.717, 1.165) is 25.7 Å². The van der Waals surface area contributed by atoms with Crippen molar-refractivity contribution < 1.29 is 14.6 Å². The van der Waals surface area contributed by atoms with E-state index in [2.05, 4.69) is 20.4 Å². The van der Waals surface area contributed by atoms with Crippen LogP contribution in [0.15, 0.2) is 12.2 Å². The van der Waals surface area contributed by atoms with Gasteiger partial charge in [0.25, 0.3) is 0 Å². The van der Waals surface area contributed by atoms with Crippen LogP contribution in [0.2, 0.25) is 0 Å². The fraction of sp³-hybridized carbons (Fsp3) is 0.800. The van der Waals surface area contributed by atoms with E-state index < -0.39 is 5.97 Å². The van der Waals surface area contributed by atoms with Gasteiger partial charge in [0.2, 0.25) is 0 Å². The zero-order chi connectivity index (χ0) is 13.2. The summed E-state index contributed by atoms with van der Waals surface area (Å²) in [6.07, 6.45) is 6.44. The van der Waals surface area contributed by atoms with Crippen molar-refractivity contribution in [3.8, 4) is 0 Å². The van der Waals surface area contributed by atoms with E-state index in [1.807, 2.05) is 0 Å². The molecular formula is C15H22O3. The Balaban J connectivity index is 1.87. The minimum absolute atomic E-state index is 0.00253. The van der Waals surface area contributed by atoms with E-state index >= 15 is 0 Å². The molecule has 1 N–H and O–H groups in total. The number of epoxide rings is 1. The summed E-state index contributed by atoms with van der Waals surface area (Å²) in [7, 11) is 0. The molecule has 4 atom stereocenters. The van der Waals surface area contributed by atoms with Gasteiger partial charge in [-0.05, 0) is 56.8 Å². The van der Waals surface area contributed by atoms with E-state index in [-0.39, 0.29) is 22.5 Å². The summed E-state index contributed by atoms with van der Waals surface area (Å²) in [5.41, 5.74) is 0.543. The maximum absolute atomic E-state index is 11.1. The second-order valence-electron chi connectivity index (χ2n) is 6.84. The van der Waals surface area contributed by atoms with Crippen molar-refractivity contribution in [2.24, 2.45) is 11.3 Å². The van der Waals surface area contributed by atoms with Gasteiger partial charge >= 0.3 is 5.97 Å². The monoisotopic (exact) mass is 250 g/mol. The Morgan fingerprint density at radius 1 is 1.33 bits per heavy atom. The number of hydrogen-bond donors (Lipinski definition) is 1. The van der Waals surface area contributed by atoms with E-state index in [9.17, 15) is 4.79 Å². The molecule has 0 radical (unpaired) electrons. The Hall–Kier alpha value is -0.830. The Kier molecular flexibility index (Phi) is 2.30. The van der Waals surface area contributed by atoms with Crippen molar-refractivity contribution in [1.82, 2.24) is 0 Å². The maximum Gasteiger partial charge on any atom is 0.331 e. The van der Waals surface area contributed by atoms with Crippen LogP contribution >= 0.6 is 0 Å². The Labute approximate surface area is 108 Å². The first-order valence-corrected chi connectivity index (χ1v) is 6.96. The van der Waals surface area contributed by atoms with Gasteiger partial charge in [0.1, 0.15) is 5.60 Å². The molecule has 0 unspecified atom stereocenters. The molecule has 3 nitrogen and oxygen atoms in total. The Morgan fingerprint density at radius 2 is 2.06 bits per heavy atom. The molecule has 18 heavy (non-hydrogen) atoms. The lowest BCUT2D eigenvalue weighted by atomic mass is 9.54. The SMILES string of the molecule is C=C(C(=O)O)[C@@H]1CC[C@@]2(C)CCC[C@@]3(C)O[C@@]23C1. The van der Waals surface area contributed by atoms with Crippen molar-refractivity contribution in [3.63, 3.8) is 0 Å². The summed E-state index contributed by atoms with van der Waals surface area (Å²) in [4.78, 5) is 11.1. The summed E-state index contributed by atoms with van der Waals surface area (Å²) < 4.78 is 6.19. The molecule has 3 aliphatic rings. The van der Waals surface area contributed by atoms with E-state index in [4.69, 9.17) is 9.84 Å². The standard InChI is InChI=1S/C15H22O3/c1-10(12(16)17)11-5-8-13(2)6-4-7-14(3)15(13,9-11)18-14/h11H,1,4-9H2,2-3H3,(H,16,17)/t11-,13-,14-,15+/m1/s1. The number of rotatable bonds is 2. The van der Waals surface area contributed by atoms with Crippen LogP contribution in [0, 0.1) is 11.3 Å². The van der Waals surface area contributed by atoms with Crippen molar-refractivity contribution in [2.75, 3.05) is 0 Å². The van der Waals surface area contributed by atoms with Gasteiger partial charge in [0.05, 0.1) is 5.60 Å². The zero-order valence-electron chi connectivity index (χ0n) is 11.3. The molecule has 1 spiro atoms. The molecule has 0 aromatic heterocycles. The van der Waals surface area contributed by atoms with Gasteiger partial charge in [-0.15, -0.1) is 0 Å². The predicted molar refractivity (Wildman–Crippen MR) is 68.3 cm³/mol. The second-order valence-corrected chi connectivity index (χ2v) is 6.84. The van der Waals surface area contributed by atoms with Crippen molar-refractivity contribution in [1.29, 1.82) is 0 Å². The first-order chi connectivity index (χ1) is 8.34. The quantitative estimate of drug-likeness (QED) is 0.605. The van der Waals surface area contributed by atoms with Gasteiger partial charge in [-0.2, -0.15) is 0 Å². The van der Waals surface area contributed by atoms with Crippen molar-refractivity contribution in [3.05, 3.63) is 12.2 Å². The van der Waals surface area contributed by atoms with Gasteiger partial charge in [-0.25, -0.2) is 4.79 Å². The maximum atomic E-state index is 11.1. The molecule has 3 rings (SSSR count). The minimum atomic E-state index is -0.849. The Morgan fingerprint density at radius 3 is 2.72 bits per heavy atom. The van der Waals surface area contributed by atoms with E-state index in [0.29, 0.717) is 5.57 Å². The fourth-order valence-electron chi connectivity index (χ4n) is 4.64. The highest BCUT2D eigenvalue weighted by atomic mass is 16.6. The number of hydrogen-bond acceptors (Lipinski definition) is 2. The summed E-state index contributed by atoms with van der Waals surface area (Å²) >= 11 is 0. The van der Waals surface area contributed by atoms with Gasteiger partial charge in [0, 0.05) is 5.57 Å². The van der Waals surface area contributed by atoms with Gasteiger partial charge in [0.15, 0.2) is 0 Å². The zero-order valence-corrected chi connectivity index (χ0v) is 11.3. The van der Waals surface area contributed by atoms with Gasteiger partial charge < -0.3 is 9.84 Å². The highest BCUT2D eigenvalue weighted by molar-refractivity contribution is 5.86. The molecular weight excluding hydrogens is 228 g/mol. The second kappa shape index (κ2) is 3.38. The van der Waals surface area contributed by atoms with Crippen LogP contribution < -0.4 is 0 Å². The summed E-state index contributed by atoms with van der Waals surface area (Å²) in [5, 5.41) is 9.12. The fourth-order valence-corrected chi connectivity index (χ4v) is 4.64. The van der Waals surface area contributed by atoms with Crippen LogP contribution in [0.4, 0.5) is 0 Å². The van der Waals surface area contributed by atoms with Crippen LogP contribution in [0.1, 0.15) is 52.4 Å². The number of carbonyl (C=O) groups is 1. The lowest BCUT2D eigenvalue weighted by Crippen LogP contribution is -2.49. The summed E-state index contributed by atoms with van der Waals surface area (Å²) in [6, 6.07) is 0. The molecule has 3 heteroatoms. The molecule has 2 saturated carbocycles. The topological polar surface area (TPSA) is 49.8 Å². The third kappa shape index (κ3) is 1.31. The van der Waals surface area contributed by atoms with Crippen molar-refractivity contribution >= 4 is 5.97 Å². The van der Waals surface area contributed by atoms with Crippen LogP contribution in [-0.2, 0) is 9.53 Å². The minimum Gasteiger partial charge on any atom is -0.478 e. The molecule has 3 fully saturated rings. The normalized spacial score (nSPS) is 50.0. The van der Waals surface area contributed by atoms with Gasteiger partial charge in [-0.1, -0.05) is 13.5 Å². The predicted octanol–water partition coefficient (Wildman–Crippen LogP) is 3.15. The van der Waals surface area contributed by atoms with Crippen molar-refractivity contribution in [2.45, 2.75) is 63.6 Å². The molecule has 0 amide bonds. The molecule has 0 aromatic rings. The third-order valence-electron chi connectivity index (χ3n) is 5.92. The summed E-state index contributed by atoms with van der Waals surface area (Å²) in [6.45, 7) is 8.29. The van der Waals surface area contributed by atoms with Crippen LogP contribution in [0.3, 0.4) is 0 Å². The first-order valence-electron chi connectivity index (χ1n) is 6.96. The van der Waals surface area contributed by atoms with Gasteiger partial charge in [-0.3, -0.25) is 0 Å². The molecule has 100 valence electrons. The number of carboxylic acid groups (broad SMARTS) is 1. The van der Waals surface area contributed by atoms with E-state index in [1.165, 1.54) is 12.8 Å².